The van der Waals surface area contributed by atoms with Crippen LogP contribution in [0.4, 0.5) is 0 Å². The Balaban J connectivity index is 1.05. The molecule has 4 heteroatoms. The number of unbranched alkanes of at least 4 members (excludes halogenated alkanes) is 1. The van der Waals surface area contributed by atoms with Gasteiger partial charge in [-0.2, -0.15) is 0 Å². The first-order valence-electron chi connectivity index (χ1n) is 15.1. The van der Waals surface area contributed by atoms with E-state index in [2.05, 4.69) is 170 Å². The van der Waals surface area contributed by atoms with Crippen LogP contribution in [-0.4, -0.2) is 13.2 Å². The second-order valence-corrected chi connectivity index (χ2v) is 14.9. The summed E-state index contributed by atoms with van der Waals surface area (Å²) in [6.07, 6.45) is 1.85. The first-order valence-corrected chi connectivity index (χ1v) is 17.8. The Labute approximate surface area is 263 Å². The molecule has 0 radical (unpaired) electrons. The molecule has 0 bridgehead atoms. The van der Waals surface area contributed by atoms with Gasteiger partial charge in [0.1, 0.15) is 11.5 Å². The van der Waals surface area contributed by atoms with Crippen molar-refractivity contribution >= 4 is 47.7 Å². The number of rotatable bonds is 13. The Hall–Kier alpha value is -4.22. The van der Waals surface area contributed by atoms with Gasteiger partial charge in [0.05, 0.1) is 13.2 Å². The van der Waals surface area contributed by atoms with Crippen LogP contribution in [0.25, 0.3) is 0 Å². The van der Waals surface area contributed by atoms with Gasteiger partial charge in [-0.3, -0.25) is 0 Å². The largest absolute Gasteiger partial charge is 0.494 e. The van der Waals surface area contributed by atoms with Gasteiger partial charge in [-0.15, -0.1) is 0 Å². The molecule has 0 spiro atoms. The standard InChI is InChI=1S/C40H36O2P2/c1-5-19-35(20-6-1)43(36-21-7-2-8-22-36)39-27-15-17-33(31-39)41-29-13-14-30-42-34-18-16-28-40(32-34)44(37-23-9-3-10-24-37)38-25-11-4-12-26-38/h1-12,15-28,31-32H,13-14,29-30H2. The van der Waals surface area contributed by atoms with Crippen LogP contribution in [0.3, 0.4) is 0 Å². The summed E-state index contributed by atoms with van der Waals surface area (Å²) in [6.45, 7) is 1.32. The Morgan fingerprint density at radius 1 is 0.318 bits per heavy atom. The van der Waals surface area contributed by atoms with Crippen LogP contribution in [0, 0.1) is 0 Å². The fourth-order valence-corrected chi connectivity index (χ4v) is 9.86. The molecule has 0 aliphatic carbocycles. The van der Waals surface area contributed by atoms with Gasteiger partial charge in [0, 0.05) is 0 Å². The molecule has 6 rings (SSSR count). The predicted molar refractivity (Wildman–Crippen MR) is 191 cm³/mol. The highest BCUT2D eigenvalue weighted by molar-refractivity contribution is 7.80. The molecule has 218 valence electrons. The zero-order chi connectivity index (χ0) is 29.8. The second kappa shape index (κ2) is 15.5. The minimum Gasteiger partial charge on any atom is -0.494 e. The van der Waals surface area contributed by atoms with Gasteiger partial charge < -0.3 is 9.47 Å². The van der Waals surface area contributed by atoms with Crippen molar-refractivity contribution < 1.29 is 9.47 Å². The lowest BCUT2D eigenvalue weighted by Crippen LogP contribution is -2.20. The summed E-state index contributed by atoms with van der Waals surface area (Å²) in [5.41, 5.74) is 0. The lowest BCUT2D eigenvalue weighted by Gasteiger charge is -2.20. The fourth-order valence-electron chi connectivity index (χ4n) is 5.21. The van der Waals surface area contributed by atoms with Gasteiger partial charge in [0.25, 0.3) is 0 Å². The predicted octanol–water partition coefficient (Wildman–Crippen LogP) is 7.44. The third-order valence-corrected chi connectivity index (χ3v) is 12.1. The Bertz CT molecular complexity index is 1500. The molecule has 0 amide bonds. The number of hydrogen-bond donors (Lipinski definition) is 0. The first kappa shape index (κ1) is 29.8. The van der Waals surface area contributed by atoms with Crippen LogP contribution in [0.2, 0.25) is 0 Å². The topological polar surface area (TPSA) is 18.5 Å². The minimum absolute atomic E-state index is 0.649. The lowest BCUT2D eigenvalue weighted by molar-refractivity contribution is 0.266. The van der Waals surface area contributed by atoms with Crippen LogP contribution < -0.4 is 41.3 Å². The second-order valence-electron chi connectivity index (χ2n) is 10.4. The molecule has 0 saturated carbocycles. The highest BCUT2D eigenvalue weighted by Gasteiger charge is 2.18. The molecule has 0 heterocycles. The fraction of sp³-hybridized carbons (Fsp3) is 0.100. The van der Waals surface area contributed by atoms with Crippen molar-refractivity contribution in [3.05, 3.63) is 170 Å². The molecule has 0 unspecified atom stereocenters. The molecule has 0 aliphatic rings. The Morgan fingerprint density at radius 2 is 0.614 bits per heavy atom. The van der Waals surface area contributed by atoms with Crippen molar-refractivity contribution in [3.63, 3.8) is 0 Å². The van der Waals surface area contributed by atoms with E-state index < -0.39 is 15.8 Å². The summed E-state index contributed by atoms with van der Waals surface area (Å²) in [7, 11) is -1.30. The van der Waals surface area contributed by atoms with Crippen LogP contribution >= 0.6 is 15.8 Å². The van der Waals surface area contributed by atoms with Gasteiger partial charge in [-0.05, 0) is 84.8 Å². The van der Waals surface area contributed by atoms with E-state index in [0.717, 1.165) is 24.3 Å². The monoisotopic (exact) mass is 610 g/mol. The average molecular weight is 611 g/mol. The zero-order valence-corrected chi connectivity index (χ0v) is 26.5. The van der Waals surface area contributed by atoms with E-state index in [9.17, 15) is 0 Å². The SMILES string of the molecule is c1ccc(P(c2ccccc2)c2cccc(OCCCCOc3cccc(P(c4ccccc4)c4ccccc4)c3)c2)cc1. The van der Waals surface area contributed by atoms with Crippen molar-refractivity contribution in [2.45, 2.75) is 12.8 Å². The highest BCUT2D eigenvalue weighted by atomic mass is 31.1. The van der Waals surface area contributed by atoms with E-state index in [1.807, 2.05) is 0 Å². The summed E-state index contributed by atoms with van der Waals surface area (Å²) in [5, 5.41) is 7.95. The molecule has 6 aromatic carbocycles. The van der Waals surface area contributed by atoms with Gasteiger partial charge >= 0.3 is 0 Å². The molecule has 0 atom stereocenters. The van der Waals surface area contributed by atoms with Crippen LogP contribution in [0.1, 0.15) is 12.8 Å². The van der Waals surface area contributed by atoms with Crippen LogP contribution in [0.5, 0.6) is 11.5 Å². The third kappa shape index (κ3) is 7.83. The normalized spacial score (nSPS) is 11.0. The van der Waals surface area contributed by atoms with E-state index >= 15 is 0 Å². The highest BCUT2D eigenvalue weighted by Crippen LogP contribution is 2.35. The third-order valence-electron chi connectivity index (χ3n) is 7.29. The quantitative estimate of drug-likeness (QED) is 0.100. The van der Waals surface area contributed by atoms with E-state index in [-0.39, 0.29) is 0 Å². The number of benzene rings is 6. The summed E-state index contributed by atoms with van der Waals surface area (Å²) in [4.78, 5) is 0. The molecule has 0 aliphatic heterocycles. The van der Waals surface area contributed by atoms with Gasteiger partial charge in [0.15, 0.2) is 0 Å². The van der Waals surface area contributed by atoms with Gasteiger partial charge in [-0.1, -0.05) is 146 Å². The molecule has 0 saturated heterocycles. The molecule has 44 heavy (non-hydrogen) atoms. The van der Waals surface area contributed by atoms with Gasteiger partial charge in [-0.25, -0.2) is 0 Å². The van der Waals surface area contributed by atoms with Gasteiger partial charge in [0.2, 0.25) is 0 Å². The maximum absolute atomic E-state index is 6.23. The molecule has 6 aromatic rings. The molecule has 0 aromatic heterocycles. The van der Waals surface area contributed by atoms with Crippen LogP contribution in [-0.2, 0) is 0 Å². The van der Waals surface area contributed by atoms with Crippen molar-refractivity contribution in [2.24, 2.45) is 0 Å². The zero-order valence-electron chi connectivity index (χ0n) is 24.7. The summed E-state index contributed by atoms with van der Waals surface area (Å²) < 4.78 is 12.5. The van der Waals surface area contributed by atoms with E-state index in [4.69, 9.17) is 9.47 Å². The average Bonchev–Trinajstić information content (AvgIpc) is 3.09. The van der Waals surface area contributed by atoms with Crippen molar-refractivity contribution in [3.8, 4) is 11.5 Å². The van der Waals surface area contributed by atoms with Crippen molar-refractivity contribution in [1.29, 1.82) is 0 Å². The summed E-state index contributed by atoms with van der Waals surface area (Å²) in [6, 6.07) is 60.4. The molecule has 0 fully saturated rings. The van der Waals surface area contributed by atoms with Crippen LogP contribution in [0.15, 0.2) is 170 Å². The molecular formula is C40H36O2P2. The van der Waals surface area contributed by atoms with Crippen molar-refractivity contribution in [2.75, 3.05) is 13.2 Å². The van der Waals surface area contributed by atoms with E-state index in [0.29, 0.717) is 13.2 Å². The van der Waals surface area contributed by atoms with Crippen molar-refractivity contribution in [1.82, 2.24) is 0 Å². The van der Waals surface area contributed by atoms with E-state index in [1.54, 1.807) is 0 Å². The Morgan fingerprint density at radius 3 is 0.932 bits per heavy atom. The Kier molecular flexibility index (Phi) is 10.5. The minimum atomic E-state index is -0.649. The molecule has 0 N–H and O–H groups in total. The first-order chi connectivity index (χ1) is 21.8. The smallest absolute Gasteiger partial charge is 0.119 e. The lowest BCUT2D eigenvalue weighted by atomic mass is 10.3. The molecule has 2 nitrogen and oxygen atoms in total. The maximum atomic E-state index is 6.23. The maximum Gasteiger partial charge on any atom is 0.119 e. The number of ether oxygens (including phenoxy) is 2. The summed E-state index contributed by atoms with van der Waals surface area (Å²) >= 11 is 0. The van der Waals surface area contributed by atoms with E-state index in [1.165, 1.54) is 31.8 Å². The number of hydrogen-bond acceptors (Lipinski definition) is 2. The summed E-state index contributed by atoms with van der Waals surface area (Å²) in [5.74, 6) is 1.84. The molecular weight excluding hydrogens is 574 g/mol.